The maximum atomic E-state index is 11.8. The number of benzene rings is 1. The van der Waals surface area contributed by atoms with E-state index < -0.39 is 6.10 Å². The highest BCUT2D eigenvalue weighted by atomic mass is 35.5. The number of hydrogen-bond donors (Lipinski definition) is 2. The Bertz CT molecular complexity index is 407. The third kappa shape index (κ3) is 4.19. The Kier molecular flexibility index (Phi) is 5.25. The molecule has 1 rings (SSSR count). The van der Waals surface area contributed by atoms with Gasteiger partial charge in [0.25, 0.3) is 5.91 Å². The second-order valence-corrected chi connectivity index (χ2v) is 4.99. The van der Waals surface area contributed by atoms with Crippen LogP contribution in [0.5, 0.6) is 0 Å². The molecule has 1 unspecified atom stereocenters. The molecule has 0 fully saturated rings. The third-order valence-corrected chi connectivity index (χ3v) is 2.98. The molecule has 94 valence electrons. The fourth-order valence-electron chi connectivity index (χ4n) is 1.20. The van der Waals surface area contributed by atoms with Crippen molar-refractivity contribution in [2.24, 2.45) is 5.92 Å². The molecule has 1 atom stereocenters. The molecule has 17 heavy (non-hydrogen) atoms. The lowest BCUT2D eigenvalue weighted by atomic mass is 10.1. The maximum Gasteiger partial charge on any atom is 0.252 e. The van der Waals surface area contributed by atoms with Crippen LogP contribution in [-0.2, 0) is 0 Å². The molecule has 0 aliphatic heterocycles. The Hall–Kier alpha value is -0.770. The highest BCUT2D eigenvalue weighted by Crippen LogP contribution is 2.20. The van der Waals surface area contributed by atoms with Crippen LogP contribution in [0.2, 0.25) is 10.0 Å². The average Bonchev–Trinajstić information content (AvgIpc) is 2.28. The van der Waals surface area contributed by atoms with E-state index in [4.69, 9.17) is 23.2 Å². The second kappa shape index (κ2) is 6.24. The first kappa shape index (κ1) is 14.3. The Morgan fingerprint density at radius 1 is 1.41 bits per heavy atom. The van der Waals surface area contributed by atoms with Crippen LogP contribution in [0.15, 0.2) is 18.2 Å². The summed E-state index contributed by atoms with van der Waals surface area (Å²) in [7, 11) is 0. The van der Waals surface area contributed by atoms with Crippen molar-refractivity contribution >= 4 is 29.1 Å². The Balaban J connectivity index is 2.67. The van der Waals surface area contributed by atoms with Gasteiger partial charge in [0.2, 0.25) is 0 Å². The molecule has 5 heteroatoms. The zero-order valence-corrected chi connectivity index (χ0v) is 11.2. The third-order valence-electron chi connectivity index (χ3n) is 2.41. The molecule has 1 aromatic rings. The van der Waals surface area contributed by atoms with E-state index in [0.717, 1.165) is 0 Å². The minimum atomic E-state index is -0.572. The van der Waals surface area contributed by atoms with Crippen LogP contribution in [0.1, 0.15) is 24.2 Å². The Morgan fingerprint density at radius 2 is 2.06 bits per heavy atom. The fraction of sp³-hybridized carbons (Fsp3) is 0.417. The van der Waals surface area contributed by atoms with E-state index in [1.807, 2.05) is 13.8 Å². The van der Waals surface area contributed by atoms with Crippen LogP contribution in [0.25, 0.3) is 0 Å². The van der Waals surface area contributed by atoms with Gasteiger partial charge in [0.15, 0.2) is 0 Å². The molecule has 0 aliphatic rings. The van der Waals surface area contributed by atoms with Crippen molar-refractivity contribution in [1.29, 1.82) is 0 Å². The smallest absolute Gasteiger partial charge is 0.252 e. The van der Waals surface area contributed by atoms with Crippen molar-refractivity contribution in [1.82, 2.24) is 5.32 Å². The van der Waals surface area contributed by atoms with Gasteiger partial charge in [0.05, 0.1) is 16.7 Å². The molecule has 0 radical (unpaired) electrons. The number of aliphatic hydroxyl groups is 1. The Labute approximate surface area is 111 Å². The topological polar surface area (TPSA) is 49.3 Å². The summed E-state index contributed by atoms with van der Waals surface area (Å²) in [4.78, 5) is 11.8. The quantitative estimate of drug-likeness (QED) is 0.888. The Morgan fingerprint density at radius 3 is 2.65 bits per heavy atom. The first-order valence-electron chi connectivity index (χ1n) is 5.33. The first-order chi connectivity index (χ1) is 7.91. The lowest BCUT2D eigenvalue weighted by Crippen LogP contribution is -2.34. The number of hydrogen-bond acceptors (Lipinski definition) is 2. The van der Waals surface area contributed by atoms with E-state index >= 15 is 0 Å². The van der Waals surface area contributed by atoms with Crippen molar-refractivity contribution < 1.29 is 9.90 Å². The standard InChI is InChI=1S/C12H15Cl2NO2/c1-7(2)11(16)6-15-12(17)9-5-8(13)3-4-10(9)14/h3-5,7,11,16H,6H2,1-2H3,(H,15,17). The molecule has 0 aromatic heterocycles. The van der Waals surface area contributed by atoms with Crippen molar-refractivity contribution in [3.63, 3.8) is 0 Å². The number of carbonyl (C=O) groups excluding carboxylic acids is 1. The largest absolute Gasteiger partial charge is 0.391 e. The minimum absolute atomic E-state index is 0.0881. The predicted molar refractivity (Wildman–Crippen MR) is 69.6 cm³/mol. The summed E-state index contributed by atoms with van der Waals surface area (Å²) in [5.74, 6) is -0.248. The van der Waals surface area contributed by atoms with E-state index in [2.05, 4.69) is 5.32 Å². The van der Waals surface area contributed by atoms with Crippen LogP contribution < -0.4 is 5.32 Å². The molecule has 0 saturated carbocycles. The molecule has 2 N–H and O–H groups in total. The van der Waals surface area contributed by atoms with Crippen LogP contribution in [0, 0.1) is 5.92 Å². The molecule has 0 heterocycles. The van der Waals surface area contributed by atoms with Gasteiger partial charge in [-0.25, -0.2) is 0 Å². The van der Waals surface area contributed by atoms with E-state index in [1.165, 1.54) is 6.07 Å². The van der Waals surface area contributed by atoms with Crippen LogP contribution in [0.3, 0.4) is 0 Å². The van der Waals surface area contributed by atoms with Gasteiger partial charge in [-0.3, -0.25) is 4.79 Å². The van der Waals surface area contributed by atoms with E-state index in [1.54, 1.807) is 12.1 Å². The van der Waals surface area contributed by atoms with Gasteiger partial charge in [-0.2, -0.15) is 0 Å². The zero-order valence-electron chi connectivity index (χ0n) is 9.71. The second-order valence-electron chi connectivity index (χ2n) is 4.15. The van der Waals surface area contributed by atoms with Gasteiger partial charge in [-0.1, -0.05) is 37.0 Å². The number of rotatable bonds is 4. The highest BCUT2D eigenvalue weighted by molar-refractivity contribution is 6.35. The first-order valence-corrected chi connectivity index (χ1v) is 6.08. The summed E-state index contributed by atoms with van der Waals surface area (Å²) in [5.41, 5.74) is 0.315. The number of carbonyl (C=O) groups is 1. The van der Waals surface area contributed by atoms with Gasteiger partial charge >= 0.3 is 0 Å². The van der Waals surface area contributed by atoms with Crippen molar-refractivity contribution in [2.75, 3.05) is 6.54 Å². The van der Waals surface area contributed by atoms with E-state index in [-0.39, 0.29) is 18.4 Å². The molecule has 0 bridgehead atoms. The number of nitrogens with one attached hydrogen (secondary N) is 1. The monoisotopic (exact) mass is 275 g/mol. The summed E-state index contributed by atoms with van der Waals surface area (Å²) in [6.07, 6.45) is -0.572. The molecule has 0 aliphatic carbocycles. The van der Waals surface area contributed by atoms with Gasteiger partial charge in [-0.05, 0) is 24.1 Å². The zero-order chi connectivity index (χ0) is 13.0. The van der Waals surface area contributed by atoms with Gasteiger partial charge < -0.3 is 10.4 Å². The maximum absolute atomic E-state index is 11.8. The van der Waals surface area contributed by atoms with Crippen LogP contribution >= 0.6 is 23.2 Å². The average molecular weight is 276 g/mol. The summed E-state index contributed by atoms with van der Waals surface area (Å²) in [5, 5.41) is 13.0. The van der Waals surface area contributed by atoms with Crippen LogP contribution in [-0.4, -0.2) is 23.7 Å². The van der Waals surface area contributed by atoms with Gasteiger partial charge in [-0.15, -0.1) is 0 Å². The normalized spacial score (nSPS) is 12.6. The lowest BCUT2D eigenvalue weighted by Gasteiger charge is -2.15. The molecule has 0 spiro atoms. The fourth-order valence-corrected chi connectivity index (χ4v) is 1.58. The summed E-state index contributed by atoms with van der Waals surface area (Å²) < 4.78 is 0. The molecule has 0 saturated heterocycles. The SMILES string of the molecule is CC(C)C(O)CNC(=O)c1cc(Cl)ccc1Cl. The van der Waals surface area contributed by atoms with Crippen molar-refractivity contribution in [3.8, 4) is 0 Å². The van der Waals surface area contributed by atoms with Gasteiger partial charge in [0.1, 0.15) is 0 Å². The number of halogens is 2. The molecule has 1 aromatic carbocycles. The molecule has 3 nitrogen and oxygen atoms in total. The summed E-state index contributed by atoms with van der Waals surface area (Å²) in [6, 6.07) is 4.68. The lowest BCUT2D eigenvalue weighted by molar-refractivity contribution is 0.0871. The summed E-state index contributed by atoms with van der Waals surface area (Å²) in [6.45, 7) is 3.95. The summed E-state index contributed by atoms with van der Waals surface area (Å²) >= 11 is 11.7. The van der Waals surface area contributed by atoms with Crippen LogP contribution in [0.4, 0.5) is 0 Å². The minimum Gasteiger partial charge on any atom is -0.391 e. The van der Waals surface area contributed by atoms with Crippen molar-refractivity contribution in [2.45, 2.75) is 20.0 Å². The molecular formula is C12H15Cl2NO2. The highest BCUT2D eigenvalue weighted by Gasteiger charge is 2.14. The van der Waals surface area contributed by atoms with E-state index in [9.17, 15) is 9.90 Å². The van der Waals surface area contributed by atoms with Gasteiger partial charge in [0, 0.05) is 11.6 Å². The molecular weight excluding hydrogens is 261 g/mol. The predicted octanol–water partition coefficient (Wildman–Crippen LogP) is 2.74. The van der Waals surface area contributed by atoms with Crippen molar-refractivity contribution in [3.05, 3.63) is 33.8 Å². The number of amides is 1. The number of aliphatic hydroxyl groups excluding tert-OH is 1. The van der Waals surface area contributed by atoms with E-state index in [0.29, 0.717) is 15.6 Å². The molecule has 1 amide bonds.